The van der Waals surface area contributed by atoms with Crippen molar-refractivity contribution in [2.24, 2.45) is 0 Å². The zero-order chi connectivity index (χ0) is 13.6. The molecule has 0 rings (SSSR count). The highest BCUT2D eigenvalue weighted by Crippen LogP contribution is 2.19. The summed E-state index contributed by atoms with van der Waals surface area (Å²) < 4.78 is 5.90. The van der Waals surface area contributed by atoms with Crippen LogP contribution in [0.3, 0.4) is 0 Å². The third-order valence-electron chi connectivity index (χ3n) is 2.40. The van der Waals surface area contributed by atoms with Crippen LogP contribution in [0, 0.1) is 0 Å². The largest absolute Gasteiger partial charge is 0.396 e. The molecular formula is C14H30O2S2. The predicted molar refractivity (Wildman–Crippen MR) is 85.6 cm³/mol. The molecule has 0 aromatic carbocycles. The van der Waals surface area contributed by atoms with Crippen LogP contribution in [0.4, 0.5) is 0 Å². The number of hydrogen-bond donors (Lipinski definition) is 1. The van der Waals surface area contributed by atoms with Gasteiger partial charge >= 0.3 is 0 Å². The van der Waals surface area contributed by atoms with Crippen LogP contribution in [0.2, 0.25) is 0 Å². The van der Waals surface area contributed by atoms with Crippen molar-refractivity contribution in [2.75, 3.05) is 24.7 Å². The minimum absolute atomic E-state index is 0.275. The number of ether oxygens (including phenoxy) is 1. The van der Waals surface area contributed by atoms with E-state index < -0.39 is 0 Å². The Kier molecular flexibility index (Phi) is 14.5. The summed E-state index contributed by atoms with van der Waals surface area (Å²) >= 11 is 3.92. The molecule has 18 heavy (non-hydrogen) atoms. The molecule has 1 atom stereocenters. The molecule has 0 spiro atoms. The second-order valence-electron chi connectivity index (χ2n) is 4.66. The zero-order valence-corrected chi connectivity index (χ0v) is 13.8. The van der Waals surface area contributed by atoms with Crippen molar-refractivity contribution in [1.29, 1.82) is 0 Å². The van der Waals surface area contributed by atoms with Crippen molar-refractivity contribution in [3.05, 3.63) is 0 Å². The summed E-state index contributed by atoms with van der Waals surface area (Å²) in [6.45, 7) is 7.82. The van der Waals surface area contributed by atoms with Crippen molar-refractivity contribution in [2.45, 2.75) is 63.6 Å². The monoisotopic (exact) mass is 294 g/mol. The Labute approximate surface area is 122 Å². The summed E-state index contributed by atoms with van der Waals surface area (Å²) in [5, 5.41) is 9.61. The lowest BCUT2D eigenvalue weighted by Gasteiger charge is -2.16. The molecule has 4 heteroatoms. The van der Waals surface area contributed by atoms with Crippen LogP contribution in [0.5, 0.6) is 0 Å². The lowest BCUT2D eigenvalue weighted by atomic mass is 10.3. The summed E-state index contributed by atoms with van der Waals surface area (Å²) in [6.07, 6.45) is 5.41. The van der Waals surface area contributed by atoms with Crippen molar-refractivity contribution in [3.8, 4) is 0 Å². The maximum absolute atomic E-state index is 8.87. The Morgan fingerprint density at radius 3 is 2.44 bits per heavy atom. The van der Waals surface area contributed by atoms with E-state index in [-0.39, 0.29) is 12.0 Å². The molecule has 0 aromatic heterocycles. The molecule has 0 amide bonds. The first kappa shape index (κ1) is 18.6. The summed E-state index contributed by atoms with van der Waals surface area (Å²) in [5.41, 5.74) is 0.287. The molecule has 0 radical (unpaired) electrons. The summed E-state index contributed by atoms with van der Waals surface area (Å²) in [7, 11) is 0. The van der Waals surface area contributed by atoms with Crippen LogP contribution in [-0.4, -0.2) is 40.5 Å². The van der Waals surface area contributed by atoms with Crippen molar-refractivity contribution >= 4 is 23.5 Å². The fraction of sp³-hybridized carbons (Fsp3) is 1.00. The molecule has 0 fully saturated rings. The first-order chi connectivity index (χ1) is 8.70. The van der Waals surface area contributed by atoms with E-state index in [2.05, 4.69) is 20.8 Å². The van der Waals surface area contributed by atoms with Gasteiger partial charge in [0.15, 0.2) is 0 Å². The smallest absolute Gasteiger partial charge is 0.103 e. The highest BCUT2D eigenvalue weighted by molar-refractivity contribution is 8.00. The van der Waals surface area contributed by atoms with E-state index in [4.69, 9.17) is 9.84 Å². The molecule has 0 heterocycles. The Morgan fingerprint density at radius 1 is 1.06 bits per heavy atom. The third kappa shape index (κ3) is 13.1. The summed E-state index contributed by atoms with van der Waals surface area (Å²) in [4.78, 5) is 0. The zero-order valence-electron chi connectivity index (χ0n) is 12.2. The summed E-state index contributed by atoms with van der Waals surface area (Å²) in [5.74, 6) is 2.39. The number of aliphatic hydroxyl groups is 1. The average Bonchev–Trinajstić information content (AvgIpc) is 2.35. The van der Waals surface area contributed by atoms with E-state index in [1.54, 1.807) is 0 Å². The van der Waals surface area contributed by atoms with Crippen molar-refractivity contribution in [3.63, 3.8) is 0 Å². The van der Waals surface area contributed by atoms with Crippen molar-refractivity contribution < 1.29 is 9.84 Å². The Hall–Kier alpha value is 0.620. The molecule has 0 aliphatic heterocycles. The van der Waals surface area contributed by atoms with Crippen LogP contribution >= 0.6 is 23.5 Å². The van der Waals surface area contributed by atoms with Gasteiger partial charge in [0, 0.05) is 13.2 Å². The quantitative estimate of drug-likeness (QED) is 0.408. The maximum Gasteiger partial charge on any atom is 0.103 e. The Morgan fingerprint density at radius 2 is 1.83 bits per heavy atom. The molecule has 2 nitrogen and oxygen atoms in total. The van der Waals surface area contributed by atoms with Gasteiger partial charge in [-0.3, -0.25) is 0 Å². The second-order valence-corrected chi connectivity index (χ2v) is 7.62. The fourth-order valence-corrected chi connectivity index (χ4v) is 3.33. The topological polar surface area (TPSA) is 29.5 Å². The van der Waals surface area contributed by atoms with Crippen LogP contribution in [-0.2, 0) is 4.74 Å². The molecule has 0 saturated carbocycles. The molecular weight excluding hydrogens is 264 g/mol. The minimum Gasteiger partial charge on any atom is -0.396 e. The lowest BCUT2D eigenvalue weighted by Crippen LogP contribution is -2.11. The third-order valence-corrected chi connectivity index (χ3v) is 4.98. The number of aliphatic hydroxyl groups excluding tert-OH is 1. The number of hydrogen-bond acceptors (Lipinski definition) is 4. The summed E-state index contributed by atoms with van der Waals surface area (Å²) in [6, 6.07) is 0. The van der Waals surface area contributed by atoms with Gasteiger partial charge in [-0.05, 0) is 48.9 Å². The van der Waals surface area contributed by atoms with E-state index >= 15 is 0 Å². The van der Waals surface area contributed by atoms with Gasteiger partial charge in [-0.1, -0.05) is 20.8 Å². The van der Waals surface area contributed by atoms with E-state index in [0.717, 1.165) is 36.9 Å². The van der Waals surface area contributed by atoms with E-state index in [1.807, 2.05) is 23.5 Å². The molecule has 0 aliphatic carbocycles. The van der Waals surface area contributed by atoms with Gasteiger partial charge in [-0.2, -0.15) is 11.8 Å². The van der Waals surface area contributed by atoms with Crippen LogP contribution < -0.4 is 0 Å². The van der Waals surface area contributed by atoms with Gasteiger partial charge < -0.3 is 9.84 Å². The predicted octanol–water partition coefficient (Wildman–Crippen LogP) is 4.17. The highest BCUT2D eigenvalue weighted by atomic mass is 32.2. The van der Waals surface area contributed by atoms with E-state index in [0.29, 0.717) is 0 Å². The van der Waals surface area contributed by atoms with Gasteiger partial charge in [-0.25, -0.2) is 0 Å². The Bertz CT molecular complexity index is 158. The van der Waals surface area contributed by atoms with E-state index in [1.165, 1.54) is 18.6 Å². The molecule has 1 unspecified atom stereocenters. The van der Waals surface area contributed by atoms with Crippen LogP contribution in [0.15, 0.2) is 0 Å². The lowest BCUT2D eigenvalue weighted by molar-refractivity contribution is 0.0986. The minimum atomic E-state index is 0.275. The standard InChI is InChI=1S/C14H30O2S2/c1-4-11-18-14(8-7-9-15)16-10-5-6-12-17-13(2)3/h13-15H,4-12H2,1-3H3. The molecule has 0 aromatic rings. The second kappa shape index (κ2) is 14.0. The van der Waals surface area contributed by atoms with Gasteiger partial charge in [-0.15, -0.1) is 11.8 Å². The SMILES string of the molecule is CCCSC(CCCO)OCCCCSC(C)C. The van der Waals surface area contributed by atoms with Gasteiger partial charge in [0.1, 0.15) is 5.44 Å². The van der Waals surface area contributed by atoms with Crippen molar-refractivity contribution in [1.82, 2.24) is 0 Å². The average molecular weight is 295 g/mol. The molecule has 0 saturated heterocycles. The first-order valence-electron chi connectivity index (χ1n) is 7.16. The van der Waals surface area contributed by atoms with Crippen LogP contribution in [0.25, 0.3) is 0 Å². The van der Waals surface area contributed by atoms with Crippen LogP contribution in [0.1, 0.15) is 52.9 Å². The molecule has 0 aliphatic rings. The normalized spacial score (nSPS) is 13.2. The Balaban J connectivity index is 3.49. The fourth-order valence-electron chi connectivity index (χ4n) is 1.46. The van der Waals surface area contributed by atoms with Gasteiger partial charge in [0.05, 0.1) is 0 Å². The van der Waals surface area contributed by atoms with Gasteiger partial charge in [0.2, 0.25) is 0 Å². The number of thioether (sulfide) groups is 2. The maximum atomic E-state index is 8.87. The molecule has 1 N–H and O–H groups in total. The number of rotatable bonds is 13. The molecule has 110 valence electrons. The molecule has 0 bridgehead atoms. The number of unbranched alkanes of at least 4 members (excludes halogenated alkanes) is 1. The van der Waals surface area contributed by atoms with Gasteiger partial charge in [0.25, 0.3) is 0 Å². The van der Waals surface area contributed by atoms with E-state index in [9.17, 15) is 0 Å². The first-order valence-corrected chi connectivity index (χ1v) is 9.26. The highest BCUT2D eigenvalue weighted by Gasteiger charge is 2.08.